The first-order chi connectivity index (χ1) is 12.8. The van der Waals surface area contributed by atoms with Gasteiger partial charge < -0.3 is 4.74 Å². The summed E-state index contributed by atoms with van der Waals surface area (Å²) in [4.78, 5) is 8.45. The Balaban J connectivity index is 1.55. The van der Waals surface area contributed by atoms with E-state index >= 15 is 0 Å². The number of ether oxygens (including phenoxy) is 1. The van der Waals surface area contributed by atoms with Gasteiger partial charge in [0.25, 0.3) is 0 Å². The molecule has 1 aliphatic rings. The van der Waals surface area contributed by atoms with Crippen LogP contribution >= 0.6 is 0 Å². The fourth-order valence-corrected chi connectivity index (χ4v) is 3.42. The van der Waals surface area contributed by atoms with Gasteiger partial charge in [-0.1, -0.05) is 31.4 Å². The number of nitrogens with zero attached hydrogens (tertiary/aromatic N) is 4. The van der Waals surface area contributed by atoms with Gasteiger partial charge in [0.15, 0.2) is 5.75 Å². The van der Waals surface area contributed by atoms with E-state index in [4.69, 9.17) is 4.74 Å². The van der Waals surface area contributed by atoms with Crippen LogP contribution in [0.15, 0.2) is 49.2 Å². The van der Waals surface area contributed by atoms with Crippen molar-refractivity contribution in [2.45, 2.75) is 32.1 Å². The first-order valence-electron chi connectivity index (χ1n) is 9.04. The molecule has 26 heavy (non-hydrogen) atoms. The van der Waals surface area contributed by atoms with E-state index in [0.29, 0.717) is 29.7 Å². The third-order valence-electron chi connectivity index (χ3n) is 4.83. The summed E-state index contributed by atoms with van der Waals surface area (Å²) in [5.41, 5.74) is 1.85. The lowest BCUT2D eigenvalue weighted by Crippen LogP contribution is -2.15. The smallest absolute Gasteiger partial charge is 0.163 e. The van der Waals surface area contributed by atoms with Gasteiger partial charge in [-0.05, 0) is 30.9 Å². The molecule has 0 radical (unpaired) electrons. The summed E-state index contributed by atoms with van der Waals surface area (Å²) < 4.78 is 21.5. The van der Waals surface area contributed by atoms with Crippen molar-refractivity contribution in [3.63, 3.8) is 0 Å². The minimum Gasteiger partial charge on any atom is -0.489 e. The van der Waals surface area contributed by atoms with Gasteiger partial charge in [-0.25, -0.2) is 19.0 Å². The number of halogens is 1. The number of para-hydroxylation sites is 1. The number of rotatable bonds is 5. The third kappa shape index (κ3) is 3.59. The Hall–Kier alpha value is -2.76. The Kier molecular flexibility index (Phi) is 4.91. The average Bonchev–Trinajstić information content (AvgIpc) is 3.17. The Labute approximate surface area is 151 Å². The van der Waals surface area contributed by atoms with Gasteiger partial charge in [-0.15, -0.1) is 0 Å². The number of aromatic nitrogens is 4. The van der Waals surface area contributed by atoms with Crippen LogP contribution in [0.3, 0.4) is 0 Å². The van der Waals surface area contributed by atoms with E-state index in [1.54, 1.807) is 36.8 Å². The molecule has 1 aliphatic carbocycles. The topological polar surface area (TPSA) is 52.8 Å². The summed E-state index contributed by atoms with van der Waals surface area (Å²) in [7, 11) is 0. The van der Waals surface area contributed by atoms with E-state index in [1.807, 2.05) is 0 Å². The van der Waals surface area contributed by atoms with Crippen LogP contribution in [0.4, 0.5) is 4.39 Å². The largest absolute Gasteiger partial charge is 0.489 e. The molecule has 1 fully saturated rings. The van der Waals surface area contributed by atoms with E-state index in [0.717, 1.165) is 5.56 Å². The summed E-state index contributed by atoms with van der Waals surface area (Å²) in [5.74, 6) is 0.919. The lowest BCUT2D eigenvalue weighted by Gasteiger charge is -2.21. The highest BCUT2D eigenvalue weighted by Gasteiger charge is 2.17. The van der Waals surface area contributed by atoms with Crippen molar-refractivity contribution >= 4 is 0 Å². The fraction of sp³-hybridized carbons (Fsp3) is 0.350. The molecule has 0 amide bonds. The van der Waals surface area contributed by atoms with Gasteiger partial charge >= 0.3 is 0 Å². The Morgan fingerprint density at radius 3 is 2.81 bits per heavy atom. The highest BCUT2D eigenvalue weighted by atomic mass is 19.1. The summed E-state index contributed by atoms with van der Waals surface area (Å²) in [6.07, 6.45) is 12.9. The van der Waals surface area contributed by atoms with Crippen LogP contribution in [0.5, 0.6) is 5.75 Å². The van der Waals surface area contributed by atoms with E-state index in [2.05, 4.69) is 15.1 Å². The molecule has 0 aliphatic heterocycles. The molecule has 0 saturated heterocycles. The van der Waals surface area contributed by atoms with Gasteiger partial charge in [0.05, 0.1) is 19.0 Å². The van der Waals surface area contributed by atoms with Crippen LogP contribution < -0.4 is 4.74 Å². The summed E-state index contributed by atoms with van der Waals surface area (Å²) in [6, 6.07) is 6.54. The van der Waals surface area contributed by atoms with Gasteiger partial charge in [-0.3, -0.25) is 0 Å². The summed E-state index contributed by atoms with van der Waals surface area (Å²) >= 11 is 0. The maximum atomic E-state index is 14.0. The molecule has 1 saturated carbocycles. The zero-order valence-corrected chi connectivity index (χ0v) is 14.5. The predicted molar refractivity (Wildman–Crippen MR) is 96.6 cm³/mol. The van der Waals surface area contributed by atoms with Crippen LogP contribution in [0.1, 0.15) is 32.1 Å². The molecule has 3 aromatic rings. The minimum atomic E-state index is -0.321. The molecule has 0 bridgehead atoms. The van der Waals surface area contributed by atoms with Crippen molar-refractivity contribution in [3.8, 4) is 22.7 Å². The molecule has 4 rings (SSSR count). The number of hydrogen-bond acceptors (Lipinski definition) is 4. The van der Waals surface area contributed by atoms with Crippen LogP contribution in [0.25, 0.3) is 16.9 Å². The van der Waals surface area contributed by atoms with Crippen LogP contribution in [0.2, 0.25) is 0 Å². The first-order valence-corrected chi connectivity index (χ1v) is 9.04. The lowest BCUT2D eigenvalue weighted by molar-refractivity contribution is 0.208. The van der Waals surface area contributed by atoms with Crippen molar-refractivity contribution < 1.29 is 9.13 Å². The molecular formula is C20H21FN4O. The summed E-state index contributed by atoms with van der Waals surface area (Å²) in [6.45, 7) is 0.682. The second-order valence-corrected chi connectivity index (χ2v) is 6.68. The molecular weight excluding hydrogens is 331 g/mol. The monoisotopic (exact) mass is 352 g/mol. The van der Waals surface area contributed by atoms with E-state index in [-0.39, 0.29) is 5.82 Å². The van der Waals surface area contributed by atoms with Crippen molar-refractivity contribution in [2.24, 2.45) is 5.92 Å². The maximum absolute atomic E-state index is 14.0. The minimum absolute atomic E-state index is 0.321. The fourth-order valence-electron chi connectivity index (χ4n) is 3.42. The molecule has 0 spiro atoms. The highest BCUT2D eigenvalue weighted by Crippen LogP contribution is 2.29. The lowest BCUT2D eigenvalue weighted by atomic mass is 9.90. The molecule has 2 heterocycles. The predicted octanol–water partition coefficient (Wildman–Crippen LogP) is 4.43. The van der Waals surface area contributed by atoms with Gasteiger partial charge in [-0.2, -0.15) is 5.10 Å². The van der Waals surface area contributed by atoms with Crippen LogP contribution in [0, 0.1) is 11.7 Å². The van der Waals surface area contributed by atoms with Crippen molar-refractivity contribution in [3.05, 3.63) is 55.0 Å². The third-order valence-corrected chi connectivity index (χ3v) is 4.83. The number of benzene rings is 1. The van der Waals surface area contributed by atoms with E-state index in [1.165, 1.54) is 49.2 Å². The second kappa shape index (κ2) is 7.64. The zero-order valence-electron chi connectivity index (χ0n) is 14.5. The number of hydrogen-bond donors (Lipinski definition) is 0. The van der Waals surface area contributed by atoms with Crippen molar-refractivity contribution in [2.75, 3.05) is 6.61 Å². The average molecular weight is 352 g/mol. The van der Waals surface area contributed by atoms with E-state index in [9.17, 15) is 4.39 Å². The highest BCUT2D eigenvalue weighted by molar-refractivity contribution is 5.64. The Morgan fingerprint density at radius 2 is 1.96 bits per heavy atom. The zero-order chi connectivity index (χ0) is 17.8. The SMILES string of the molecule is Fc1ccccc1-n1cc(-c2ncncc2OCC2CCCCC2)cn1. The maximum Gasteiger partial charge on any atom is 0.163 e. The van der Waals surface area contributed by atoms with Crippen molar-refractivity contribution in [1.29, 1.82) is 0 Å². The Bertz CT molecular complexity index is 874. The molecule has 0 N–H and O–H groups in total. The quantitative estimate of drug-likeness (QED) is 0.682. The van der Waals surface area contributed by atoms with Crippen LogP contribution in [-0.4, -0.2) is 26.4 Å². The molecule has 5 nitrogen and oxygen atoms in total. The van der Waals surface area contributed by atoms with Crippen LogP contribution in [-0.2, 0) is 0 Å². The Morgan fingerprint density at radius 1 is 1.12 bits per heavy atom. The second-order valence-electron chi connectivity index (χ2n) is 6.68. The molecule has 2 aromatic heterocycles. The summed E-state index contributed by atoms with van der Waals surface area (Å²) in [5, 5.41) is 4.28. The normalized spacial score (nSPS) is 15.1. The van der Waals surface area contributed by atoms with E-state index < -0.39 is 0 Å². The van der Waals surface area contributed by atoms with Gasteiger partial charge in [0, 0.05) is 11.8 Å². The van der Waals surface area contributed by atoms with Gasteiger partial charge in [0.1, 0.15) is 23.5 Å². The molecule has 134 valence electrons. The molecule has 0 atom stereocenters. The first kappa shape index (κ1) is 16.7. The molecule has 6 heteroatoms. The molecule has 0 unspecified atom stereocenters. The van der Waals surface area contributed by atoms with Gasteiger partial charge in [0.2, 0.25) is 0 Å². The van der Waals surface area contributed by atoms with Crippen molar-refractivity contribution in [1.82, 2.24) is 19.7 Å². The molecule has 1 aromatic carbocycles. The standard InChI is InChI=1S/C20H21FN4O/c21-17-8-4-5-9-18(17)25-12-16(10-24-25)20-19(11-22-14-23-20)26-13-15-6-2-1-3-7-15/h4-5,8-12,14-15H,1-3,6-7,13H2.